The second-order valence-corrected chi connectivity index (χ2v) is 15.1. The van der Waals surface area contributed by atoms with Crippen LogP contribution in [0.5, 0.6) is 5.75 Å². The molecule has 232 valence electrons. The summed E-state index contributed by atoms with van der Waals surface area (Å²) in [6.45, 7) is 8.40. The van der Waals surface area contributed by atoms with E-state index in [4.69, 9.17) is 4.74 Å². The summed E-state index contributed by atoms with van der Waals surface area (Å²) in [5, 5.41) is 20.7. The van der Waals surface area contributed by atoms with Gasteiger partial charge in [-0.1, -0.05) is 43.6 Å². The van der Waals surface area contributed by atoms with E-state index in [1.54, 1.807) is 12.1 Å². The van der Waals surface area contributed by atoms with Crippen LogP contribution in [-0.2, 0) is 21.0 Å². The minimum Gasteiger partial charge on any atom is -0.487 e. The van der Waals surface area contributed by atoms with Gasteiger partial charge >= 0.3 is 5.97 Å². The first-order valence-electron chi connectivity index (χ1n) is 14.4. The minimum atomic E-state index is -0.947. The van der Waals surface area contributed by atoms with Gasteiger partial charge in [0.15, 0.2) is 11.6 Å². The molecule has 11 heteroatoms. The molecule has 1 N–H and O–H groups in total. The lowest BCUT2D eigenvalue weighted by molar-refractivity contribution is -0.384. The average Bonchev–Trinajstić information content (AvgIpc) is 2.89. The fourth-order valence-corrected chi connectivity index (χ4v) is 8.03. The third-order valence-electron chi connectivity index (χ3n) is 8.45. The normalized spacial score (nSPS) is 19.5. The molecule has 0 unspecified atom stereocenters. The van der Waals surface area contributed by atoms with Crippen molar-refractivity contribution in [2.75, 3.05) is 6.54 Å². The molecule has 1 heterocycles. The standard InChI is InChI=1S/C33H34Br2N2O7/c1-32(2)13-23-29(25(38)15-32)28(30-24(36(23)10-9-27(40)41)14-33(3,4)16-26(30)39)21-11-19(34)12-22(35)31(21)44-17-18-5-7-20(8-6-18)37(42)43/h5-8,11-12,28H,9-10,13-17H2,1-4H3,(H,40,41). The zero-order chi connectivity index (χ0) is 32.1. The predicted molar refractivity (Wildman–Crippen MR) is 171 cm³/mol. The van der Waals surface area contributed by atoms with Crippen LogP contribution in [0.25, 0.3) is 0 Å². The van der Waals surface area contributed by atoms with Crippen LogP contribution in [0.2, 0.25) is 0 Å². The SMILES string of the molecule is CC1(C)CC(=O)C2=C(C1)N(CCC(=O)O)C1=C(C(=O)CC(C)(C)C1)C2c1cc(Br)cc(Br)c1OCc1ccc([N+](=O)[O-])cc1. The van der Waals surface area contributed by atoms with Crippen molar-refractivity contribution in [3.05, 3.63) is 89.1 Å². The van der Waals surface area contributed by atoms with E-state index >= 15 is 0 Å². The molecule has 0 atom stereocenters. The number of halogens is 2. The van der Waals surface area contributed by atoms with Crippen LogP contribution in [0, 0.1) is 20.9 Å². The number of carbonyl (C=O) groups is 3. The van der Waals surface area contributed by atoms with Gasteiger partial charge in [-0.2, -0.15) is 0 Å². The third-order valence-corrected chi connectivity index (χ3v) is 9.50. The largest absolute Gasteiger partial charge is 0.487 e. The van der Waals surface area contributed by atoms with E-state index in [-0.39, 0.29) is 47.7 Å². The average molecular weight is 730 g/mol. The molecule has 2 aromatic carbocycles. The number of hydrogen-bond donors (Lipinski definition) is 1. The van der Waals surface area contributed by atoms with Crippen molar-refractivity contribution in [2.24, 2.45) is 10.8 Å². The maximum atomic E-state index is 14.1. The molecule has 0 saturated carbocycles. The molecule has 0 fully saturated rings. The third kappa shape index (κ3) is 6.40. The van der Waals surface area contributed by atoms with E-state index in [0.29, 0.717) is 58.2 Å². The number of carbonyl (C=O) groups excluding carboxylic acids is 2. The van der Waals surface area contributed by atoms with E-state index < -0.39 is 16.8 Å². The highest BCUT2D eigenvalue weighted by Gasteiger charge is 2.49. The Balaban J connectivity index is 1.70. The lowest BCUT2D eigenvalue weighted by atomic mass is 9.63. The Labute approximate surface area is 272 Å². The van der Waals surface area contributed by atoms with E-state index in [1.807, 2.05) is 44.7 Å². The number of Topliss-reactive ketones (excluding diaryl/α,β-unsaturated/α-hetero) is 2. The van der Waals surface area contributed by atoms with Crippen LogP contribution in [0.15, 0.2) is 67.9 Å². The number of carboxylic acid groups (broad SMARTS) is 1. The number of hydrogen-bond acceptors (Lipinski definition) is 7. The fraction of sp³-hybridized carbons (Fsp3) is 0.424. The Morgan fingerprint density at radius 3 is 2.02 bits per heavy atom. The Hall–Kier alpha value is -3.31. The van der Waals surface area contributed by atoms with E-state index in [9.17, 15) is 29.6 Å². The number of ketones is 2. The first-order valence-corrected chi connectivity index (χ1v) is 16.0. The topological polar surface area (TPSA) is 127 Å². The summed E-state index contributed by atoms with van der Waals surface area (Å²) in [4.78, 5) is 52.6. The number of nitro benzene ring substituents is 1. The number of ether oxygens (including phenoxy) is 1. The summed E-state index contributed by atoms with van der Waals surface area (Å²) in [5.41, 5.74) is 3.24. The molecule has 1 aliphatic heterocycles. The number of allylic oxidation sites excluding steroid dienone is 4. The Morgan fingerprint density at radius 2 is 1.52 bits per heavy atom. The molecule has 0 saturated heterocycles. The fourth-order valence-electron chi connectivity index (χ4n) is 6.65. The quantitative estimate of drug-likeness (QED) is 0.215. The molecule has 44 heavy (non-hydrogen) atoms. The number of non-ortho nitro benzene ring substituents is 1. The van der Waals surface area contributed by atoms with Crippen LogP contribution in [0.1, 0.15) is 76.8 Å². The van der Waals surface area contributed by atoms with Crippen molar-refractivity contribution >= 4 is 55.1 Å². The van der Waals surface area contributed by atoms with Gasteiger partial charge in [0.25, 0.3) is 5.69 Å². The Morgan fingerprint density at radius 1 is 0.977 bits per heavy atom. The number of aliphatic carboxylic acids is 1. The van der Waals surface area contributed by atoms with Gasteiger partial charge < -0.3 is 14.7 Å². The molecule has 0 spiro atoms. The summed E-state index contributed by atoms with van der Waals surface area (Å²) in [5.74, 6) is -1.32. The lowest BCUT2D eigenvalue weighted by Gasteiger charge is -2.49. The molecule has 0 radical (unpaired) electrons. The van der Waals surface area contributed by atoms with E-state index in [0.717, 1.165) is 15.9 Å². The smallest absolute Gasteiger partial charge is 0.305 e. The lowest BCUT2D eigenvalue weighted by Crippen LogP contribution is -2.45. The Kier molecular flexibility index (Phi) is 8.67. The second kappa shape index (κ2) is 11.9. The summed E-state index contributed by atoms with van der Waals surface area (Å²) in [6, 6.07) is 9.81. The monoisotopic (exact) mass is 728 g/mol. The maximum Gasteiger partial charge on any atom is 0.305 e. The van der Waals surface area contributed by atoms with Gasteiger partial charge in [-0.05, 0) is 69.4 Å². The highest BCUT2D eigenvalue weighted by molar-refractivity contribution is 9.11. The molecule has 0 bridgehead atoms. The second-order valence-electron chi connectivity index (χ2n) is 13.3. The van der Waals surface area contributed by atoms with Crippen molar-refractivity contribution in [2.45, 2.75) is 72.3 Å². The molecule has 0 aromatic heterocycles. The Bertz CT molecular complexity index is 1590. The van der Waals surface area contributed by atoms with Gasteiger partial charge in [-0.15, -0.1) is 0 Å². The summed E-state index contributed by atoms with van der Waals surface area (Å²) in [7, 11) is 0. The summed E-state index contributed by atoms with van der Waals surface area (Å²) >= 11 is 7.24. The predicted octanol–water partition coefficient (Wildman–Crippen LogP) is 7.86. The van der Waals surface area contributed by atoms with E-state index in [1.165, 1.54) is 12.1 Å². The highest BCUT2D eigenvalue weighted by Crippen LogP contribution is 2.56. The first-order chi connectivity index (χ1) is 20.6. The summed E-state index contributed by atoms with van der Waals surface area (Å²) in [6.07, 6.45) is 1.58. The van der Waals surface area contributed by atoms with Crippen LogP contribution in [-0.4, -0.2) is 39.0 Å². The zero-order valence-corrected chi connectivity index (χ0v) is 28.2. The molecular formula is C33H34Br2N2O7. The van der Waals surface area contributed by atoms with Gasteiger partial charge in [0.2, 0.25) is 0 Å². The van der Waals surface area contributed by atoms with Crippen molar-refractivity contribution in [3.63, 3.8) is 0 Å². The van der Waals surface area contributed by atoms with Crippen molar-refractivity contribution in [3.8, 4) is 5.75 Å². The van der Waals surface area contributed by atoms with E-state index in [2.05, 4.69) is 31.9 Å². The van der Waals surface area contributed by atoms with Crippen LogP contribution in [0.3, 0.4) is 0 Å². The number of carboxylic acids is 1. The molecule has 0 amide bonds. The van der Waals surface area contributed by atoms with Crippen molar-refractivity contribution in [1.82, 2.24) is 4.90 Å². The molecular weight excluding hydrogens is 696 g/mol. The summed E-state index contributed by atoms with van der Waals surface area (Å²) < 4.78 is 7.73. The number of benzene rings is 2. The molecule has 2 aromatic rings. The van der Waals surface area contributed by atoms with Crippen molar-refractivity contribution < 1.29 is 29.2 Å². The van der Waals surface area contributed by atoms with Gasteiger partial charge in [0, 0.05) is 70.0 Å². The van der Waals surface area contributed by atoms with Crippen LogP contribution in [0.4, 0.5) is 5.69 Å². The van der Waals surface area contributed by atoms with Gasteiger partial charge in [0.05, 0.1) is 15.8 Å². The van der Waals surface area contributed by atoms with Crippen LogP contribution >= 0.6 is 31.9 Å². The van der Waals surface area contributed by atoms with Crippen molar-refractivity contribution in [1.29, 1.82) is 0 Å². The highest BCUT2D eigenvalue weighted by atomic mass is 79.9. The molecule has 5 rings (SSSR count). The number of nitrogens with zero attached hydrogens (tertiary/aromatic N) is 2. The van der Waals surface area contributed by atoms with Gasteiger partial charge in [-0.25, -0.2) is 0 Å². The van der Waals surface area contributed by atoms with Crippen LogP contribution < -0.4 is 4.74 Å². The first kappa shape index (κ1) is 32.1. The van der Waals surface area contributed by atoms with Gasteiger partial charge in [-0.3, -0.25) is 24.5 Å². The molecule has 2 aliphatic carbocycles. The minimum absolute atomic E-state index is 0.0228. The molecule has 3 aliphatic rings. The zero-order valence-electron chi connectivity index (χ0n) is 25.0. The molecule has 9 nitrogen and oxygen atoms in total. The number of nitro groups is 1. The van der Waals surface area contributed by atoms with Gasteiger partial charge in [0.1, 0.15) is 12.4 Å². The maximum absolute atomic E-state index is 14.1. The number of rotatable bonds is 8.